The van der Waals surface area contributed by atoms with Crippen LogP contribution in [0.25, 0.3) is 0 Å². The van der Waals surface area contributed by atoms with Crippen LogP contribution in [-0.4, -0.2) is 12.0 Å². The highest BCUT2D eigenvalue weighted by molar-refractivity contribution is 5.65. The van der Waals surface area contributed by atoms with Crippen LogP contribution in [0.4, 0.5) is 11.4 Å². The first-order valence-electron chi connectivity index (χ1n) is 9.42. The molecule has 0 saturated heterocycles. The van der Waals surface area contributed by atoms with E-state index in [4.69, 9.17) is 4.74 Å². The highest BCUT2D eigenvalue weighted by Crippen LogP contribution is 2.54. The Hall–Kier alpha value is -3.34. The molecular formula is C23H20N2O3. The zero-order chi connectivity index (χ0) is 19.3. The number of hydrogen-bond donors (Lipinski definition) is 1. The lowest BCUT2D eigenvalue weighted by molar-refractivity contribution is -0.384. The summed E-state index contributed by atoms with van der Waals surface area (Å²) in [6, 6.07) is 22.0. The molecule has 0 bridgehead atoms. The third kappa shape index (κ3) is 2.54. The van der Waals surface area contributed by atoms with Crippen molar-refractivity contribution in [3.8, 4) is 5.75 Å². The van der Waals surface area contributed by atoms with Crippen LogP contribution < -0.4 is 10.1 Å². The van der Waals surface area contributed by atoms with Gasteiger partial charge in [0.05, 0.1) is 18.1 Å². The predicted octanol–water partition coefficient (Wildman–Crippen LogP) is 5.07. The van der Waals surface area contributed by atoms with Crippen LogP contribution in [0.3, 0.4) is 0 Å². The third-order valence-corrected chi connectivity index (χ3v) is 6.07. The normalized spacial score (nSPS) is 21.8. The van der Waals surface area contributed by atoms with Gasteiger partial charge >= 0.3 is 0 Å². The van der Waals surface area contributed by atoms with Gasteiger partial charge in [-0.1, -0.05) is 36.4 Å². The van der Waals surface area contributed by atoms with E-state index >= 15 is 0 Å². The van der Waals surface area contributed by atoms with Crippen LogP contribution in [-0.2, 0) is 6.42 Å². The lowest BCUT2D eigenvalue weighted by atomic mass is 9.75. The van der Waals surface area contributed by atoms with Gasteiger partial charge in [0.1, 0.15) is 5.75 Å². The summed E-state index contributed by atoms with van der Waals surface area (Å²) < 4.78 is 5.30. The van der Waals surface area contributed by atoms with E-state index < -0.39 is 0 Å². The Labute approximate surface area is 163 Å². The summed E-state index contributed by atoms with van der Waals surface area (Å²) in [4.78, 5) is 11.0. The second-order valence-corrected chi connectivity index (χ2v) is 7.47. The minimum Gasteiger partial charge on any atom is -0.497 e. The molecule has 0 aromatic heterocycles. The summed E-state index contributed by atoms with van der Waals surface area (Å²) >= 11 is 0. The maximum Gasteiger partial charge on any atom is 0.269 e. The first-order chi connectivity index (χ1) is 13.7. The maximum atomic E-state index is 11.3. The number of nitrogens with zero attached hydrogens (tertiary/aromatic N) is 1. The van der Waals surface area contributed by atoms with E-state index in [0.29, 0.717) is 5.92 Å². The number of methoxy groups -OCH3 is 1. The van der Waals surface area contributed by atoms with Crippen molar-refractivity contribution >= 4 is 11.4 Å². The maximum absolute atomic E-state index is 11.3. The number of hydrogen-bond acceptors (Lipinski definition) is 4. The standard InChI is InChI=1S/C23H20N2O3/c1-28-17-9-6-14(7-10-17)23-20-12-15-4-2-3-5-18(15)22(20)19-13-16(25(26)27)8-11-21(19)24-23/h2-11,13,20,22-24H,12H2,1H3/t20-,22+,23-/m0/s1. The van der Waals surface area contributed by atoms with E-state index in [1.807, 2.05) is 18.2 Å². The summed E-state index contributed by atoms with van der Waals surface area (Å²) in [5, 5.41) is 15.0. The molecule has 0 radical (unpaired) electrons. The Morgan fingerprint density at radius 1 is 1.04 bits per heavy atom. The van der Waals surface area contributed by atoms with Crippen molar-refractivity contribution < 1.29 is 9.66 Å². The lowest BCUT2D eigenvalue weighted by Crippen LogP contribution is -2.30. The van der Waals surface area contributed by atoms with Gasteiger partial charge in [-0.3, -0.25) is 10.1 Å². The molecule has 1 N–H and O–H groups in total. The van der Waals surface area contributed by atoms with E-state index in [2.05, 4.69) is 41.7 Å². The van der Waals surface area contributed by atoms with E-state index in [0.717, 1.165) is 23.4 Å². The molecule has 3 atom stereocenters. The first-order valence-corrected chi connectivity index (χ1v) is 9.42. The second kappa shape index (κ2) is 6.37. The summed E-state index contributed by atoms with van der Waals surface area (Å²) in [6.07, 6.45) is 0.951. The fourth-order valence-corrected chi connectivity index (χ4v) is 4.80. The fourth-order valence-electron chi connectivity index (χ4n) is 4.80. The van der Waals surface area contributed by atoms with E-state index in [1.54, 1.807) is 19.2 Å². The molecular weight excluding hydrogens is 352 g/mol. The largest absolute Gasteiger partial charge is 0.497 e. The van der Waals surface area contributed by atoms with Gasteiger partial charge in [-0.15, -0.1) is 0 Å². The predicted molar refractivity (Wildman–Crippen MR) is 108 cm³/mol. The van der Waals surface area contributed by atoms with E-state index in [1.165, 1.54) is 16.7 Å². The number of non-ortho nitro benzene ring substituents is 1. The van der Waals surface area contributed by atoms with Gasteiger partial charge in [0.15, 0.2) is 0 Å². The van der Waals surface area contributed by atoms with Gasteiger partial charge in [0.2, 0.25) is 0 Å². The Morgan fingerprint density at radius 2 is 1.82 bits per heavy atom. The van der Waals surface area contributed by atoms with E-state index in [-0.39, 0.29) is 22.6 Å². The zero-order valence-corrected chi connectivity index (χ0v) is 15.5. The average Bonchev–Trinajstić information content (AvgIpc) is 3.12. The molecule has 2 aliphatic rings. The minimum absolute atomic E-state index is 0.136. The molecule has 28 heavy (non-hydrogen) atoms. The zero-order valence-electron chi connectivity index (χ0n) is 15.5. The number of anilines is 1. The first kappa shape index (κ1) is 16.8. The number of ether oxygens (including phenoxy) is 1. The summed E-state index contributed by atoms with van der Waals surface area (Å²) in [7, 11) is 1.67. The monoisotopic (exact) mass is 372 g/mol. The Kier molecular flexibility index (Phi) is 3.83. The highest BCUT2D eigenvalue weighted by Gasteiger charge is 2.43. The smallest absolute Gasteiger partial charge is 0.269 e. The fraction of sp³-hybridized carbons (Fsp3) is 0.217. The van der Waals surface area contributed by atoms with Gasteiger partial charge in [0, 0.05) is 23.7 Å². The lowest BCUT2D eigenvalue weighted by Gasteiger charge is -2.38. The van der Waals surface area contributed by atoms with Crippen molar-refractivity contribution in [2.75, 3.05) is 12.4 Å². The topological polar surface area (TPSA) is 64.4 Å². The molecule has 140 valence electrons. The van der Waals surface area contributed by atoms with Crippen molar-refractivity contribution in [2.45, 2.75) is 18.4 Å². The van der Waals surface area contributed by atoms with Gasteiger partial charge < -0.3 is 10.1 Å². The molecule has 3 aromatic rings. The van der Waals surface area contributed by atoms with Crippen LogP contribution in [0.1, 0.15) is 34.2 Å². The van der Waals surface area contributed by atoms with Crippen LogP contribution in [0, 0.1) is 16.0 Å². The molecule has 5 nitrogen and oxygen atoms in total. The third-order valence-electron chi connectivity index (χ3n) is 6.07. The van der Waals surface area contributed by atoms with Crippen molar-refractivity contribution in [1.82, 2.24) is 0 Å². The number of nitro benzene ring substituents is 1. The summed E-state index contributed by atoms with van der Waals surface area (Å²) in [5.41, 5.74) is 5.96. The summed E-state index contributed by atoms with van der Waals surface area (Å²) in [5.74, 6) is 1.29. The minimum atomic E-state index is -0.314. The number of nitrogens with one attached hydrogen (secondary N) is 1. The molecule has 1 aliphatic heterocycles. The number of rotatable bonds is 3. The number of fused-ring (bicyclic) bond motifs is 5. The second-order valence-electron chi connectivity index (χ2n) is 7.47. The Balaban J connectivity index is 1.65. The van der Waals surface area contributed by atoms with Gasteiger partial charge in [0.25, 0.3) is 5.69 Å². The SMILES string of the molecule is COc1ccc([C@@H]2Nc3ccc([N+](=O)[O-])cc3[C@H]3c4ccccc4C[C@@H]32)cc1. The quantitative estimate of drug-likeness (QED) is 0.515. The van der Waals surface area contributed by atoms with Gasteiger partial charge in [-0.25, -0.2) is 0 Å². The highest BCUT2D eigenvalue weighted by atomic mass is 16.6. The molecule has 0 unspecified atom stereocenters. The molecule has 0 amide bonds. The number of benzene rings is 3. The average molecular weight is 372 g/mol. The Bertz CT molecular complexity index is 1060. The van der Waals surface area contributed by atoms with Crippen LogP contribution in [0.15, 0.2) is 66.7 Å². The molecule has 5 rings (SSSR count). The number of nitro groups is 1. The molecule has 1 heterocycles. The van der Waals surface area contributed by atoms with Gasteiger partial charge in [-0.2, -0.15) is 0 Å². The van der Waals surface area contributed by atoms with Crippen molar-refractivity contribution in [3.63, 3.8) is 0 Å². The van der Waals surface area contributed by atoms with Crippen LogP contribution >= 0.6 is 0 Å². The van der Waals surface area contributed by atoms with Crippen molar-refractivity contribution in [2.24, 2.45) is 5.92 Å². The molecule has 5 heteroatoms. The van der Waals surface area contributed by atoms with E-state index in [9.17, 15) is 10.1 Å². The van der Waals surface area contributed by atoms with Crippen molar-refractivity contribution in [1.29, 1.82) is 0 Å². The summed E-state index contributed by atoms with van der Waals surface area (Å²) in [6.45, 7) is 0. The molecule has 0 spiro atoms. The van der Waals surface area contributed by atoms with Crippen molar-refractivity contribution in [3.05, 3.63) is 99.1 Å². The van der Waals surface area contributed by atoms with Crippen LogP contribution in [0.2, 0.25) is 0 Å². The molecule has 0 fully saturated rings. The molecule has 1 aliphatic carbocycles. The Morgan fingerprint density at radius 3 is 2.57 bits per heavy atom. The van der Waals surface area contributed by atoms with Crippen LogP contribution in [0.5, 0.6) is 5.75 Å². The van der Waals surface area contributed by atoms with Gasteiger partial charge in [-0.05, 0) is 52.8 Å². The molecule has 0 saturated carbocycles. The molecule has 3 aromatic carbocycles.